The van der Waals surface area contributed by atoms with Gasteiger partial charge in [0.05, 0.1) is 23.4 Å². The summed E-state index contributed by atoms with van der Waals surface area (Å²) in [6.45, 7) is 2.59. The Morgan fingerprint density at radius 3 is 2.72 bits per heavy atom. The number of hydrogen-bond acceptors (Lipinski definition) is 8. The first kappa shape index (κ1) is 20.7. The first-order chi connectivity index (χ1) is 15.4. The van der Waals surface area contributed by atoms with Crippen molar-refractivity contribution in [3.05, 3.63) is 58.4 Å². The zero-order valence-electron chi connectivity index (χ0n) is 18.0. The molecule has 0 bridgehead atoms. The van der Waals surface area contributed by atoms with Crippen molar-refractivity contribution in [3.8, 4) is 0 Å². The topological polar surface area (TPSA) is 133 Å². The van der Waals surface area contributed by atoms with Crippen molar-refractivity contribution in [1.82, 2.24) is 15.5 Å². The monoisotopic (exact) mass is 438 g/mol. The number of hydrogen-bond donors (Lipinski definition) is 3. The Kier molecular flexibility index (Phi) is 4.83. The van der Waals surface area contributed by atoms with Gasteiger partial charge < -0.3 is 30.7 Å². The van der Waals surface area contributed by atoms with Crippen LogP contribution in [0.25, 0.3) is 0 Å². The quantitative estimate of drug-likeness (QED) is 0.407. The van der Waals surface area contributed by atoms with Gasteiger partial charge in [-0.15, -0.1) is 0 Å². The maximum absolute atomic E-state index is 13.7. The number of carbonyl (C=O) groups is 3. The highest BCUT2D eigenvalue weighted by molar-refractivity contribution is 6.25. The molecule has 0 spiro atoms. The molecule has 1 unspecified atom stereocenters. The molecule has 4 N–H and O–H groups in total. The van der Waals surface area contributed by atoms with E-state index in [4.69, 9.17) is 15.2 Å². The number of allylic oxidation sites excluding steroid dienone is 2. The van der Waals surface area contributed by atoms with Crippen LogP contribution in [0, 0.1) is 5.92 Å². The number of methoxy groups -OCH3 is 1. The lowest BCUT2D eigenvalue weighted by Crippen LogP contribution is -2.55. The lowest BCUT2D eigenvalue weighted by atomic mass is 9.82. The van der Waals surface area contributed by atoms with E-state index in [0.717, 1.165) is 5.56 Å². The van der Waals surface area contributed by atoms with Gasteiger partial charge in [0.25, 0.3) is 0 Å². The fourth-order valence-electron chi connectivity index (χ4n) is 5.48. The van der Waals surface area contributed by atoms with Gasteiger partial charge in [-0.2, -0.15) is 0 Å². The standard InChI is InChI=1S/C23H26N4O5/c1-12-17(25-9-8-13-6-4-3-5-7-13)20(29)16-14(11-32-22(24)30)23(31-2)21-15(26-21)10-27(23)18(16)19(12)28/h3-7,14-15,21,25-26H,8-11H2,1-2H3,(H2,24,30)/t14-,15+,21+,23?/m0/s1. The number of carbonyl (C=O) groups excluding carboxylic acids is 3. The number of benzene rings is 1. The number of nitrogens with two attached hydrogens (primary N) is 1. The third-order valence-electron chi connectivity index (χ3n) is 6.99. The maximum atomic E-state index is 13.7. The van der Waals surface area contributed by atoms with Crippen LogP contribution in [0.4, 0.5) is 4.79 Å². The maximum Gasteiger partial charge on any atom is 0.404 e. The Morgan fingerprint density at radius 1 is 1.28 bits per heavy atom. The molecule has 0 radical (unpaired) electrons. The van der Waals surface area contributed by atoms with Gasteiger partial charge in [0.15, 0.2) is 5.72 Å². The van der Waals surface area contributed by atoms with Gasteiger partial charge in [-0.1, -0.05) is 30.3 Å². The smallest absolute Gasteiger partial charge is 0.404 e. The molecule has 3 aliphatic heterocycles. The van der Waals surface area contributed by atoms with Crippen LogP contribution in [0.15, 0.2) is 52.9 Å². The second-order valence-corrected chi connectivity index (χ2v) is 8.58. The number of nitrogens with zero attached hydrogens (tertiary/aromatic N) is 1. The molecule has 168 valence electrons. The molecule has 0 saturated carbocycles. The number of nitrogens with one attached hydrogen (secondary N) is 2. The van der Waals surface area contributed by atoms with Gasteiger partial charge in [-0.05, 0) is 18.9 Å². The molecule has 4 aliphatic rings. The summed E-state index contributed by atoms with van der Waals surface area (Å²) < 4.78 is 11.1. The minimum absolute atomic E-state index is 0.0602. The molecule has 9 nitrogen and oxygen atoms in total. The first-order valence-corrected chi connectivity index (χ1v) is 10.7. The van der Waals surface area contributed by atoms with Crippen LogP contribution in [-0.2, 0) is 25.5 Å². The summed E-state index contributed by atoms with van der Waals surface area (Å²) in [4.78, 5) is 40.4. The van der Waals surface area contributed by atoms with E-state index in [-0.39, 0.29) is 30.3 Å². The Hall–Kier alpha value is -3.17. The highest BCUT2D eigenvalue weighted by Crippen LogP contribution is 2.55. The fourth-order valence-corrected chi connectivity index (χ4v) is 5.48. The van der Waals surface area contributed by atoms with E-state index >= 15 is 0 Å². The van der Waals surface area contributed by atoms with Crippen molar-refractivity contribution >= 4 is 17.7 Å². The van der Waals surface area contributed by atoms with Crippen molar-refractivity contribution in [3.63, 3.8) is 0 Å². The summed E-state index contributed by atoms with van der Waals surface area (Å²) in [5, 5.41) is 6.53. The van der Waals surface area contributed by atoms with Gasteiger partial charge in [-0.3, -0.25) is 9.59 Å². The Labute approximate surface area is 185 Å². The van der Waals surface area contributed by atoms with Crippen molar-refractivity contribution in [2.24, 2.45) is 11.7 Å². The Bertz CT molecular complexity index is 1070. The Morgan fingerprint density at radius 2 is 2.03 bits per heavy atom. The average molecular weight is 438 g/mol. The molecule has 9 heteroatoms. The summed E-state index contributed by atoms with van der Waals surface area (Å²) in [6.07, 6.45) is -0.223. The van der Waals surface area contributed by atoms with Gasteiger partial charge in [0.1, 0.15) is 6.61 Å². The Balaban J connectivity index is 1.45. The molecule has 1 aromatic carbocycles. The van der Waals surface area contributed by atoms with E-state index in [1.54, 1.807) is 14.0 Å². The van der Waals surface area contributed by atoms with Gasteiger partial charge >= 0.3 is 6.09 Å². The van der Waals surface area contributed by atoms with Crippen LogP contribution < -0.4 is 16.4 Å². The summed E-state index contributed by atoms with van der Waals surface area (Å²) in [5.41, 5.74) is 6.75. The van der Waals surface area contributed by atoms with Crippen molar-refractivity contribution in [2.45, 2.75) is 31.2 Å². The molecule has 0 aromatic heterocycles. The van der Waals surface area contributed by atoms with Crippen LogP contribution in [0.3, 0.4) is 0 Å². The van der Waals surface area contributed by atoms with E-state index in [0.29, 0.717) is 42.1 Å². The second kappa shape index (κ2) is 7.46. The van der Waals surface area contributed by atoms with E-state index in [2.05, 4.69) is 10.6 Å². The van der Waals surface area contributed by atoms with E-state index in [1.807, 2.05) is 35.2 Å². The van der Waals surface area contributed by atoms with Crippen molar-refractivity contribution in [1.29, 1.82) is 0 Å². The highest BCUT2D eigenvalue weighted by Gasteiger charge is 2.72. The van der Waals surface area contributed by atoms with Crippen LogP contribution >= 0.6 is 0 Å². The highest BCUT2D eigenvalue weighted by atomic mass is 16.6. The zero-order chi connectivity index (χ0) is 22.6. The average Bonchev–Trinajstić information content (AvgIpc) is 3.40. The number of ketones is 2. The number of primary amides is 1. The summed E-state index contributed by atoms with van der Waals surface area (Å²) in [7, 11) is 1.55. The number of rotatable bonds is 7. The van der Waals surface area contributed by atoms with Crippen LogP contribution in [0.5, 0.6) is 0 Å². The predicted molar refractivity (Wildman–Crippen MR) is 114 cm³/mol. The number of piperazine rings is 1. The summed E-state index contributed by atoms with van der Waals surface area (Å²) in [6, 6.07) is 10.0. The molecule has 1 aromatic rings. The van der Waals surface area contributed by atoms with Gasteiger partial charge in [0.2, 0.25) is 11.6 Å². The second-order valence-electron chi connectivity index (χ2n) is 8.58. The predicted octanol–water partition coefficient (Wildman–Crippen LogP) is 0.222. The first-order valence-electron chi connectivity index (χ1n) is 10.7. The SMILES string of the molecule is COC12[C@@H]3N[C@@H]3CN1C1=C(C(=O)C(NCCc3ccccc3)=C(C)C1=O)[C@@H]2COC(N)=O. The van der Waals surface area contributed by atoms with E-state index in [1.165, 1.54) is 0 Å². The van der Waals surface area contributed by atoms with Crippen molar-refractivity contribution in [2.75, 3.05) is 26.8 Å². The number of amides is 1. The van der Waals surface area contributed by atoms with E-state index < -0.39 is 17.7 Å². The third kappa shape index (κ3) is 2.88. The van der Waals surface area contributed by atoms with Crippen LogP contribution in [0.2, 0.25) is 0 Å². The van der Waals surface area contributed by atoms with Crippen LogP contribution in [-0.4, -0.2) is 67.2 Å². The number of Topliss-reactive ketones (excluding diaryl/α,β-unsaturated/α-hetero) is 2. The minimum atomic E-state index is -0.962. The fraction of sp³-hybridized carbons (Fsp3) is 0.435. The molecule has 1 amide bonds. The largest absolute Gasteiger partial charge is 0.449 e. The number of fused-ring (bicyclic) bond motifs is 4. The summed E-state index contributed by atoms with van der Waals surface area (Å²) in [5.74, 6) is -1.09. The van der Waals surface area contributed by atoms with Gasteiger partial charge in [-0.25, -0.2) is 4.79 Å². The molecule has 3 heterocycles. The molecule has 32 heavy (non-hydrogen) atoms. The van der Waals surface area contributed by atoms with E-state index in [9.17, 15) is 14.4 Å². The van der Waals surface area contributed by atoms with Crippen LogP contribution in [0.1, 0.15) is 12.5 Å². The van der Waals surface area contributed by atoms with Gasteiger partial charge in [0, 0.05) is 37.4 Å². The molecular weight excluding hydrogens is 412 g/mol. The summed E-state index contributed by atoms with van der Waals surface area (Å²) >= 11 is 0. The number of ether oxygens (including phenoxy) is 2. The minimum Gasteiger partial charge on any atom is -0.449 e. The normalized spacial score (nSPS) is 30.3. The molecule has 5 rings (SSSR count). The lowest BCUT2D eigenvalue weighted by molar-refractivity contribution is -0.137. The lowest BCUT2D eigenvalue weighted by Gasteiger charge is -2.39. The molecule has 1 aliphatic carbocycles. The van der Waals surface area contributed by atoms with Crippen molar-refractivity contribution < 1.29 is 23.9 Å². The zero-order valence-corrected chi connectivity index (χ0v) is 18.0. The molecule has 2 fully saturated rings. The molecule has 4 atom stereocenters. The molecular formula is C23H26N4O5. The molecule has 2 saturated heterocycles. The third-order valence-corrected chi connectivity index (χ3v) is 6.99.